The van der Waals surface area contributed by atoms with Crippen LogP contribution in [-0.2, 0) is 10.3 Å². The Kier molecular flexibility index (Phi) is 3.10. The third-order valence-corrected chi connectivity index (χ3v) is 4.91. The van der Waals surface area contributed by atoms with Crippen molar-refractivity contribution < 1.29 is 4.74 Å². The van der Waals surface area contributed by atoms with Gasteiger partial charge in [-0.25, -0.2) is 4.98 Å². The number of nitrogens with zero attached hydrogens (tertiary/aromatic N) is 1. The lowest BCUT2D eigenvalue weighted by molar-refractivity contribution is -0.0667. The first kappa shape index (κ1) is 12.1. The lowest BCUT2D eigenvalue weighted by Crippen LogP contribution is -2.36. The fraction of sp³-hybridized carbons (Fsp3) is 0.769. The predicted octanol–water partition coefficient (Wildman–Crippen LogP) is 3.89. The molecule has 16 heavy (non-hydrogen) atoms. The van der Waals surface area contributed by atoms with Crippen molar-refractivity contribution in [2.24, 2.45) is 5.41 Å². The molecular weight excluding hydrogens is 218 g/mol. The summed E-state index contributed by atoms with van der Waals surface area (Å²) in [5, 5.41) is 1.17. The van der Waals surface area contributed by atoms with Crippen LogP contribution in [0.1, 0.15) is 49.4 Å². The van der Waals surface area contributed by atoms with E-state index >= 15 is 0 Å². The molecule has 1 heterocycles. The molecule has 0 amide bonds. The zero-order valence-electron chi connectivity index (χ0n) is 10.7. The van der Waals surface area contributed by atoms with E-state index < -0.39 is 0 Å². The number of thiazole rings is 1. The molecular formula is C13H21NOS. The fourth-order valence-corrected chi connectivity index (χ4v) is 3.39. The van der Waals surface area contributed by atoms with Gasteiger partial charge in [0.15, 0.2) is 0 Å². The van der Waals surface area contributed by atoms with E-state index in [1.165, 1.54) is 22.7 Å². The Balaban J connectivity index is 2.22. The zero-order valence-corrected chi connectivity index (χ0v) is 11.5. The third-order valence-electron chi connectivity index (χ3n) is 3.81. The van der Waals surface area contributed by atoms with Crippen LogP contribution in [0, 0.1) is 12.3 Å². The zero-order chi connectivity index (χ0) is 11.8. The molecule has 0 radical (unpaired) electrons. The molecule has 1 aliphatic rings. The van der Waals surface area contributed by atoms with Crippen LogP contribution in [-0.4, -0.2) is 12.1 Å². The highest BCUT2D eigenvalue weighted by molar-refractivity contribution is 7.11. The van der Waals surface area contributed by atoms with Crippen LogP contribution in [0.25, 0.3) is 0 Å². The maximum Gasteiger partial charge on any atom is 0.125 e. The Morgan fingerprint density at radius 3 is 2.31 bits per heavy atom. The second kappa shape index (κ2) is 4.11. The van der Waals surface area contributed by atoms with E-state index in [1.54, 1.807) is 11.3 Å². The van der Waals surface area contributed by atoms with Crippen molar-refractivity contribution in [3.8, 4) is 0 Å². The van der Waals surface area contributed by atoms with Crippen LogP contribution in [0.5, 0.6) is 0 Å². The van der Waals surface area contributed by atoms with Gasteiger partial charge in [-0.05, 0) is 38.0 Å². The molecule has 2 rings (SSSR count). The molecule has 1 saturated carbocycles. The molecule has 0 unspecified atom stereocenters. The Bertz CT molecular complexity index is 360. The van der Waals surface area contributed by atoms with Crippen molar-refractivity contribution >= 4 is 11.3 Å². The van der Waals surface area contributed by atoms with Crippen molar-refractivity contribution in [2.75, 3.05) is 7.11 Å². The molecule has 0 bridgehead atoms. The molecule has 90 valence electrons. The summed E-state index contributed by atoms with van der Waals surface area (Å²) in [6, 6.07) is 0. The average molecular weight is 239 g/mol. The SMILES string of the molecule is COC1(c2ncc(C)s2)CCC(C)(C)CC1. The smallest absolute Gasteiger partial charge is 0.125 e. The third kappa shape index (κ3) is 2.16. The highest BCUT2D eigenvalue weighted by atomic mass is 32.1. The molecule has 0 spiro atoms. The van der Waals surface area contributed by atoms with Crippen molar-refractivity contribution in [3.05, 3.63) is 16.1 Å². The van der Waals surface area contributed by atoms with Crippen molar-refractivity contribution in [1.29, 1.82) is 0 Å². The first-order valence-electron chi connectivity index (χ1n) is 5.96. The highest BCUT2D eigenvalue weighted by Crippen LogP contribution is 2.47. The summed E-state index contributed by atoms with van der Waals surface area (Å²) in [6.45, 7) is 6.80. The lowest BCUT2D eigenvalue weighted by Gasteiger charge is -2.41. The van der Waals surface area contributed by atoms with Crippen LogP contribution >= 0.6 is 11.3 Å². The molecule has 3 heteroatoms. The standard InChI is InChI=1S/C13H21NOS/c1-10-9-14-11(16-10)13(15-4)7-5-12(2,3)6-8-13/h9H,5-8H2,1-4H3. The van der Waals surface area contributed by atoms with Gasteiger partial charge in [-0.15, -0.1) is 11.3 Å². The Morgan fingerprint density at radius 2 is 1.88 bits per heavy atom. The maximum atomic E-state index is 5.82. The van der Waals surface area contributed by atoms with E-state index in [0.717, 1.165) is 12.8 Å². The molecule has 0 aliphatic heterocycles. The second-order valence-electron chi connectivity index (χ2n) is 5.64. The summed E-state index contributed by atoms with van der Waals surface area (Å²) in [4.78, 5) is 5.80. The molecule has 1 fully saturated rings. The minimum atomic E-state index is -0.103. The number of ether oxygens (including phenoxy) is 1. The monoisotopic (exact) mass is 239 g/mol. The van der Waals surface area contributed by atoms with Gasteiger partial charge in [-0.2, -0.15) is 0 Å². The van der Waals surface area contributed by atoms with E-state index in [9.17, 15) is 0 Å². The summed E-state index contributed by atoms with van der Waals surface area (Å²) in [6.07, 6.45) is 6.60. The van der Waals surface area contributed by atoms with Crippen LogP contribution in [0.15, 0.2) is 6.20 Å². The topological polar surface area (TPSA) is 22.1 Å². The lowest BCUT2D eigenvalue weighted by atomic mass is 9.71. The largest absolute Gasteiger partial charge is 0.371 e. The van der Waals surface area contributed by atoms with Crippen molar-refractivity contribution in [3.63, 3.8) is 0 Å². The fourth-order valence-electron chi connectivity index (χ4n) is 2.40. The van der Waals surface area contributed by atoms with Gasteiger partial charge in [0.25, 0.3) is 0 Å². The van der Waals surface area contributed by atoms with Crippen LogP contribution < -0.4 is 0 Å². The first-order valence-corrected chi connectivity index (χ1v) is 6.77. The van der Waals surface area contributed by atoms with Gasteiger partial charge in [0, 0.05) is 18.2 Å². The molecule has 2 nitrogen and oxygen atoms in total. The molecule has 0 N–H and O–H groups in total. The van der Waals surface area contributed by atoms with Crippen molar-refractivity contribution in [2.45, 2.75) is 52.1 Å². The van der Waals surface area contributed by atoms with E-state index in [1.807, 2.05) is 13.3 Å². The predicted molar refractivity (Wildman–Crippen MR) is 67.8 cm³/mol. The Morgan fingerprint density at radius 1 is 1.25 bits per heavy atom. The van der Waals surface area contributed by atoms with Gasteiger partial charge in [-0.3, -0.25) is 0 Å². The molecule has 0 atom stereocenters. The Labute approximate surface area is 102 Å². The number of hydrogen-bond acceptors (Lipinski definition) is 3. The van der Waals surface area contributed by atoms with Gasteiger partial charge in [0.2, 0.25) is 0 Å². The summed E-state index contributed by atoms with van der Waals surface area (Å²) in [5.74, 6) is 0. The second-order valence-corrected chi connectivity index (χ2v) is 6.87. The average Bonchev–Trinajstić information content (AvgIpc) is 2.66. The number of methoxy groups -OCH3 is 1. The number of aromatic nitrogens is 1. The van der Waals surface area contributed by atoms with Crippen LogP contribution in [0.2, 0.25) is 0 Å². The minimum Gasteiger partial charge on any atom is -0.371 e. The summed E-state index contributed by atoms with van der Waals surface area (Å²) >= 11 is 1.78. The van der Waals surface area contributed by atoms with Gasteiger partial charge >= 0.3 is 0 Å². The minimum absolute atomic E-state index is 0.103. The van der Waals surface area contributed by atoms with Crippen LogP contribution in [0.4, 0.5) is 0 Å². The van der Waals surface area contributed by atoms with E-state index in [-0.39, 0.29) is 5.60 Å². The highest BCUT2D eigenvalue weighted by Gasteiger charge is 2.41. The van der Waals surface area contributed by atoms with E-state index in [2.05, 4.69) is 25.8 Å². The van der Waals surface area contributed by atoms with Gasteiger partial charge in [-0.1, -0.05) is 13.8 Å². The summed E-state index contributed by atoms with van der Waals surface area (Å²) in [7, 11) is 1.83. The molecule has 0 saturated heterocycles. The number of rotatable bonds is 2. The van der Waals surface area contributed by atoms with Gasteiger partial charge < -0.3 is 4.74 Å². The quantitative estimate of drug-likeness (QED) is 0.781. The summed E-state index contributed by atoms with van der Waals surface area (Å²) < 4.78 is 5.82. The number of hydrogen-bond donors (Lipinski definition) is 0. The van der Waals surface area contributed by atoms with E-state index in [0.29, 0.717) is 5.41 Å². The molecule has 1 aliphatic carbocycles. The summed E-state index contributed by atoms with van der Waals surface area (Å²) in [5.41, 5.74) is 0.364. The van der Waals surface area contributed by atoms with Gasteiger partial charge in [0.1, 0.15) is 10.6 Å². The maximum absolute atomic E-state index is 5.82. The van der Waals surface area contributed by atoms with Gasteiger partial charge in [0.05, 0.1) is 0 Å². The Hall–Kier alpha value is -0.410. The normalized spacial score (nSPS) is 23.2. The molecule has 1 aromatic heterocycles. The molecule has 0 aromatic carbocycles. The van der Waals surface area contributed by atoms with Crippen molar-refractivity contribution in [1.82, 2.24) is 4.98 Å². The molecule has 1 aromatic rings. The number of aryl methyl sites for hydroxylation is 1. The first-order chi connectivity index (χ1) is 7.47. The van der Waals surface area contributed by atoms with E-state index in [4.69, 9.17) is 4.74 Å². The van der Waals surface area contributed by atoms with Crippen LogP contribution in [0.3, 0.4) is 0 Å².